The third-order valence-corrected chi connectivity index (χ3v) is 5.27. The second-order valence-corrected chi connectivity index (χ2v) is 7.11. The number of hydrogen-bond donors (Lipinski definition) is 0. The van der Waals surface area contributed by atoms with Crippen LogP contribution in [0.3, 0.4) is 0 Å². The number of ether oxygens (including phenoxy) is 2. The zero-order valence-corrected chi connectivity index (χ0v) is 16.9. The Morgan fingerprint density at radius 1 is 1.24 bits per heavy atom. The minimum atomic E-state index is 0.0243. The zero-order chi connectivity index (χ0) is 20.4. The monoisotopic (exact) mass is 392 g/mol. The van der Waals surface area contributed by atoms with Crippen molar-refractivity contribution in [2.24, 2.45) is 7.05 Å². The number of carbonyl (C=O) groups is 1. The molecule has 0 saturated carbocycles. The van der Waals surface area contributed by atoms with Crippen LogP contribution in [0.5, 0.6) is 11.6 Å². The number of fused-ring (bicyclic) bond motifs is 1. The van der Waals surface area contributed by atoms with E-state index in [1.165, 1.54) is 0 Å². The summed E-state index contributed by atoms with van der Waals surface area (Å²) in [5.74, 6) is 1.34. The van der Waals surface area contributed by atoms with Gasteiger partial charge >= 0.3 is 0 Å². The van der Waals surface area contributed by atoms with Crippen LogP contribution in [0.1, 0.15) is 32.9 Å². The summed E-state index contributed by atoms with van der Waals surface area (Å²) in [5.41, 5.74) is 4.67. The number of hydrogen-bond acceptors (Lipinski definition) is 5. The second kappa shape index (κ2) is 7.95. The Kier molecular flexibility index (Phi) is 5.20. The van der Waals surface area contributed by atoms with Crippen LogP contribution in [-0.2, 0) is 26.6 Å². The number of nitrogens with zero attached hydrogens (tertiary/aromatic N) is 4. The SMILES string of the molecule is COc1ccc(C(=O)N2CCc3c(c(COc4ccccn4)nn3C)C2)c(C)c1. The minimum absolute atomic E-state index is 0.0243. The number of benzene rings is 1. The van der Waals surface area contributed by atoms with E-state index < -0.39 is 0 Å². The number of carbonyl (C=O) groups excluding carboxylic acids is 1. The topological polar surface area (TPSA) is 69.5 Å². The second-order valence-electron chi connectivity index (χ2n) is 7.11. The summed E-state index contributed by atoms with van der Waals surface area (Å²) < 4.78 is 12.9. The highest BCUT2D eigenvalue weighted by Gasteiger charge is 2.28. The summed E-state index contributed by atoms with van der Waals surface area (Å²) in [6.45, 7) is 3.44. The van der Waals surface area contributed by atoms with Gasteiger partial charge in [0, 0.05) is 55.6 Å². The molecule has 4 rings (SSSR count). The molecule has 0 saturated heterocycles. The Balaban J connectivity index is 1.53. The van der Waals surface area contributed by atoms with Crippen molar-refractivity contribution in [2.75, 3.05) is 13.7 Å². The Morgan fingerprint density at radius 3 is 2.83 bits per heavy atom. The number of aromatic nitrogens is 3. The smallest absolute Gasteiger partial charge is 0.254 e. The van der Waals surface area contributed by atoms with Crippen molar-refractivity contribution in [3.63, 3.8) is 0 Å². The molecule has 0 aliphatic carbocycles. The molecule has 1 amide bonds. The fourth-order valence-electron chi connectivity index (χ4n) is 3.71. The average Bonchev–Trinajstić information content (AvgIpc) is 3.07. The summed E-state index contributed by atoms with van der Waals surface area (Å²) in [6.07, 6.45) is 2.46. The van der Waals surface area contributed by atoms with E-state index >= 15 is 0 Å². The number of pyridine rings is 1. The summed E-state index contributed by atoms with van der Waals surface area (Å²) in [4.78, 5) is 19.2. The van der Waals surface area contributed by atoms with Gasteiger partial charge in [0.25, 0.3) is 5.91 Å². The van der Waals surface area contributed by atoms with Gasteiger partial charge in [-0.25, -0.2) is 4.98 Å². The lowest BCUT2D eigenvalue weighted by molar-refractivity contribution is 0.0731. The molecule has 29 heavy (non-hydrogen) atoms. The number of rotatable bonds is 5. The Bertz CT molecular complexity index is 1030. The lowest BCUT2D eigenvalue weighted by Gasteiger charge is -2.28. The highest BCUT2D eigenvalue weighted by Crippen LogP contribution is 2.26. The molecular weight excluding hydrogens is 368 g/mol. The summed E-state index contributed by atoms with van der Waals surface area (Å²) >= 11 is 0. The van der Waals surface area contributed by atoms with Crippen molar-refractivity contribution >= 4 is 5.91 Å². The van der Waals surface area contributed by atoms with Crippen LogP contribution in [0, 0.1) is 6.92 Å². The van der Waals surface area contributed by atoms with Gasteiger partial charge in [-0.15, -0.1) is 0 Å². The molecule has 1 aromatic carbocycles. The predicted molar refractivity (Wildman–Crippen MR) is 108 cm³/mol. The molecule has 7 nitrogen and oxygen atoms in total. The van der Waals surface area contributed by atoms with E-state index in [9.17, 15) is 4.79 Å². The van der Waals surface area contributed by atoms with Crippen molar-refractivity contribution in [1.82, 2.24) is 19.7 Å². The summed E-state index contributed by atoms with van der Waals surface area (Å²) in [5, 5.41) is 4.62. The Hall–Kier alpha value is -3.35. The number of aryl methyl sites for hydroxylation is 2. The molecule has 150 valence electrons. The Morgan fingerprint density at radius 2 is 2.10 bits per heavy atom. The molecule has 3 heterocycles. The predicted octanol–water partition coefficient (Wildman–Crippen LogP) is 2.91. The lowest BCUT2D eigenvalue weighted by atomic mass is 10.0. The van der Waals surface area contributed by atoms with E-state index in [4.69, 9.17) is 9.47 Å². The van der Waals surface area contributed by atoms with E-state index in [2.05, 4.69) is 10.1 Å². The van der Waals surface area contributed by atoms with Gasteiger partial charge in [0.05, 0.1) is 7.11 Å². The first kappa shape index (κ1) is 19.0. The van der Waals surface area contributed by atoms with Crippen LogP contribution < -0.4 is 9.47 Å². The van der Waals surface area contributed by atoms with Gasteiger partial charge in [-0.1, -0.05) is 6.07 Å². The molecule has 1 aliphatic heterocycles. The molecular formula is C22H24N4O3. The largest absolute Gasteiger partial charge is 0.497 e. The van der Waals surface area contributed by atoms with Gasteiger partial charge in [0.1, 0.15) is 18.1 Å². The highest BCUT2D eigenvalue weighted by atomic mass is 16.5. The van der Waals surface area contributed by atoms with Gasteiger partial charge in [-0.05, 0) is 36.8 Å². The van der Waals surface area contributed by atoms with Gasteiger partial charge in [-0.2, -0.15) is 5.10 Å². The highest BCUT2D eigenvalue weighted by molar-refractivity contribution is 5.96. The van der Waals surface area contributed by atoms with E-state index in [1.54, 1.807) is 13.3 Å². The molecule has 7 heteroatoms. The Labute approximate surface area is 169 Å². The molecule has 3 aromatic rings. The van der Waals surface area contributed by atoms with Gasteiger partial charge in [0.15, 0.2) is 0 Å². The molecule has 2 aromatic heterocycles. The van der Waals surface area contributed by atoms with Crippen LogP contribution in [0.25, 0.3) is 0 Å². The normalized spacial score (nSPS) is 13.1. The fraction of sp³-hybridized carbons (Fsp3) is 0.318. The van der Waals surface area contributed by atoms with Crippen LogP contribution in [-0.4, -0.2) is 39.2 Å². The quantitative estimate of drug-likeness (QED) is 0.668. The number of amides is 1. The van der Waals surface area contributed by atoms with Crippen LogP contribution >= 0.6 is 0 Å². The van der Waals surface area contributed by atoms with Gasteiger partial charge < -0.3 is 14.4 Å². The van der Waals surface area contributed by atoms with Crippen LogP contribution in [0.4, 0.5) is 0 Å². The standard InChI is InChI=1S/C22H24N4O3/c1-15-12-16(28-3)7-8-17(15)22(27)26-11-9-20-18(13-26)19(24-25(20)2)14-29-21-6-4-5-10-23-21/h4-8,10,12H,9,11,13-14H2,1-3H3. The van der Waals surface area contributed by atoms with Crippen LogP contribution in [0.15, 0.2) is 42.6 Å². The summed E-state index contributed by atoms with van der Waals surface area (Å²) in [7, 11) is 3.56. The molecule has 1 aliphatic rings. The van der Waals surface area contributed by atoms with E-state index in [0.717, 1.165) is 34.7 Å². The molecule has 0 atom stereocenters. The molecule has 0 fully saturated rings. The zero-order valence-electron chi connectivity index (χ0n) is 16.9. The van der Waals surface area contributed by atoms with Crippen molar-refractivity contribution in [2.45, 2.75) is 26.5 Å². The molecule has 0 radical (unpaired) electrons. The van der Waals surface area contributed by atoms with Crippen molar-refractivity contribution in [3.05, 3.63) is 70.7 Å². The van der Waals surface area contributed by atoms with Crippen molar-refractivity contribution < 1.29 is 14.3 Å². The first-order chi connectivity index (χ1) is 14.1. The van der Waals surface area contributed by atoms with E-state index in [1.807, 2.05) is 60.0 Å². The van der Waals surface area contributed by atoms with E-state index in [-0.39, 0.29) is 5.91 Å². The van der Waals surface area contributed by atoms with Crippen molar-refractivity contribution in [1.29, 1.82) is 0 Å². The maximum atomic E-state index is 13.1. The molecule has 0 bridgehead atoms. The van der Waals surface area contributed by atoms with Gasteiger partial charge in [0.2, 0.25) is 5.88 Å². The molecule has 0 unspecified atom stereocenters. The lowest BCUT2D eigenvalue weighted by Crippen LogP contribution is -2.36. The number of methoxy groups -OCH3 is 1. The third kappa shape index (κ3) is 3.81. The fourth-order valence-corrected chi connectivity index (χ4v) is 3.71. The van der Waals surface area contributed by atoms with Crippen LogP contribution in [0.2, 0.25) is 0 Å². The first-order valence-electron chi connectivity index (χ1n) is 9.58. The minimum Gasteiger partial charge on any atom is -0.497 e. The maximum absolute atomic E-state index is 13.1. The molecule has 0 spiro atoms. The first-order valence-corrected chi connectivity index (χ1v) is 9.58. The maximum Gasteiger partial charge on any atom is 0.254 e. The third-order valence-electron chi connectivity index (χ3n) is 5.27. The summed E-state index contributed by atoms with van der Waals surface area (Å²) in [6, 6.07) is 11.1. The van der Waals surface area contributed by atoms with Gasteiger partial charge in [-0.3, -0.25) is 9.48 Å². The average molecular weight is 392 g/mol. The van der Waals surface area contributed by atoms with Crippen molar-refractivity contribution in [3.8, 4) is 11.6 Å². The van der Waals surface area contributed by atoms with E-state index in [0.29, 0.717) is 31.1 Å². The molecule has 0 N–H and O–H groups in total.